The fourth-order valence-electron chi connectivity index (χ4n) is 3.12. The Kier molecular flexibility index (Phi) is 4.90. The summed E-state index contributed by atoms with van der Waals surface area (Å²) in [6.07, 6.45) is 1.87. The lowest BCUT2D eigenvalue weighted by atomic mass is 10.1. The maximum atomic E-state index is 10.2. The molecule has 0 spiro atoms. The normalized spacial score (nSPS) is 22.3. The number of aliphatic hydroxyl groups is 2. The number of hydrogen-bond donors (Lipinski definition) is 3. The summed E-state index contributed by atoms with van der Waals surface area (Å²) in [6.45, 7) is 0.607. The van der Waals surface area contributed by atoms with Crippen molar-refractivity contribution in [2.45, 2.75) is 24.0 Å². The molecule has 142 valence electrons. The molecule has 0 saturated carbocycles. The SMILES string of the molecule is CN(C)c1cccc(CNc2nccn3c([C@@H]4SC[C@@H](O)[C@H]4O)nnc23)c1. The minimum absolute atomic E-state index is 0.304. The number of nitrogens with one attached hydrogen (secondary N) is 1. The van der Waals surface area contributed by atoms with Crippen LogP contribution in [0.2, 0.25) is 0 Å². The van der Waals surface area contributed by atoms with Crippen LogP contribution >= 0.6 is 11.8 Å². The van der Waals surface area contributed by atoms with Crippen molar-refractivity contribution in [1.82, 2.24) is 19.6 Å². The molecule has 1 saturated heterocycles. The van der Waals surface area contributed by atoms with Gasteiger partial charge in [-0.05, 0) is 17.7 Å². The van der Waals surface area contributed by atoms with Crippen molar-refractivity contribution in [3.8, 4) is 0 Å². The summed E-state index contributed by atoms with van der Waals surface area (Å²) < 4.78 is 1.82. The highest BCUT2D eigenvalue weighted by Gasteiger charge is 2.38. The van der Waals surface area contributed by atoms with Crippen molar-refractivity contribution < 1.29 is 10.2 Å². The van der Waals surface area contributed by atoms with Gasteiger partial charge >= 0.3 is 0 Å². The van der Waals surface area contributed by atoms with Gasteiger partial charge in [-0.25, -0.2) is 4.98 Å². The molecule has 4 rings (SSSR count). The smallest absolute Gasteiger partial charge is 0.203 e. The van der Waals surface area contributed by atoms with Gasteiger partial charge in [-0.1, -0.05) is 12.1 Å². The fraction of sp³-hybridized carbons (Fsp3) is 0.389. The lowest BCUT2D eigenvalue weighted by Crippen LogP contribution is -2.25. The molecule has 0 bridgehead atoms. The average Bonchev–Trinajstić information content (AvgIpc) is 3.24. The molecule has 1 aromatic carbocycles. The number of benzene rings is 1. The number of aromatic nitrogens is 4. The third kappa shape index (κ3) is 3.45. The van der Waals surface area contributed by atoms with E-state index in [-0.39, 0.29) is 5.25 Å². The van der Waals surface area contributed by atoms with Crippen LogP contribution in [0.4, 0.5) is 11.5 Å². The first-order chi connectivity index (χ1) is 13.0. The van der Waals surface area contributed by atoms with Crippen molar-refractivity contribution in [2.24, 2.45) is 0 Å². The molecule has 27 heavy (non-hydrogen) atoms. The molecule has 1 aliphatic heterocycles. The number of nitrogens with zero attached hydrogens (tertiary/aromatic N) is 5. The highest BCUT2D eigenvalue weighted by molar-refractivity contribution is 7.99. The Morgan fingerprint density at radius 1 is 1.30 bits per heavy atom. The summed E-state index contributed by atoms with van der Waals surface area (Å²) >= 11 is 1.48. The van der Waals surface area contributed by atoms with E-state index in [2.05, 4.69) is 43.6 Å². The minimum Gasteiger partial charge on any atom is -0.390 e. The molecule has 3 aromatic rings. The predicted octanol–water partition coefficient (Wildman–Crippen LogP) is 1.31. The average molecular weight is 386 g/mol. The van der Waals surface area contributed by atoms with Crippen molar-refractivity contribution >= 4 is 28.9 Å². The first-order valence-electron chi connectivity index (χ1n) is 8.72. The van der Waals surface area contributed by atoms with Gasteiger partial charge in [-0.15, -0.1) is 22.0 Å². The van der Waals surface area contributed by atoms with Gasteiger partial charge in [0.1, 0.15) is 0 Å². The Labute approximate surface area is 161 Å². The fourth-order valence-corrected chi connectivity index (χ4v) is 4.41. The van der Waals surface area contributed by atoms with Crippen molar-refractivity contribution in [3.05, 3.63) is 48.0 Å². The Bertz CT molecular complexity index is 947. The summed E-state index contributed by atoms with van der Waals surface area (Å²) in [5.74, 6) is 1.74. The summed E-state index contributed by atoms with van der Waals surface area (Å²) in [6, 6.07) is 8.27. The second-order valence-corrected chi connectivity index (χ2v) is 7.93. The highest BCUT2D eigenvalue weighted by atomic mass is 32.2. The van der Waals surface area contributed by atoms with E-state index in [1.807, 2.05) is 24.6 Å². The van der Waals surface area contributed by atoms with E-state index in [1.165, 1.54) is 11.8 Å². The van der Waals surface area contributed by atoms with Gasteiger partial charge in [0.2, 0.25) is 5.65 Å². The number of aliphatic hydroxyl groups excluding tert-OH is 2. The second kappa shape index (κ2) is 7.34. The van der Waals surface area contributed by atoms with Gasteiger partial charge < -0.3 is 20.4 Å². The van der Waals surface area contributed by atoms with Gasteiger partial charge in [0.25, 0.3) is 0 Å². The molecule has 0 amide bonds. The van der Waals surface area contributed by atoms with E-state index >= 15 is 0 Å². The van der Waals surface area contributed by atoms with Gasteiger partial charge in [0.15, 0.2) is 11.6 Å². The van der Waals surface area contributed by atoms with Gasteiger partial charge in [0, 0.05) is 44.5 Å². The lowest BCUT2D eigenvalue weighted by Gasteiger charge is -2.14. The molecule has 8 nitrogen and oxygen atoms in total. The summed E-state index contributed by atoms with van der Waals surface area (Å²) in [5, 5.41) is 31.5. The molecule has 0 aliphatic carbocycles. The largest absolute Gasteiger partial charge is 0.390 e. The highest BCUT2D eigenvalue weighted by Crippen LogP contribution is 2.39. The molecule has 9 heteroatoms. The standard InChI is InChI=1S/C18H22N6O2S/c1-23(2)12-5-3-4-11(8-12)9-20-16-18-22-21-17(24(18)7-6-19-16)15-14(26)13(25)10-27-15/h3-8,13-15,25-26H,9-10H2,1-2H3,(H,19,20)/t13-,14-,15-/m1/s1. The predicted molar refractivity (Wildman–Crippen MR) is 106 cm³/mol. The zero-order chi connectivity index (χ0) is 19.0. The van der Waals surface area contributed by atoms with Crippen LogP contribution in [0.3, 0.4) is 0 Å². The second-order valence-electron chi connectivity index (χ2n) is 6.76. The molecule has 3 heterocycles. The molecule has 1 fully saturated rings. The molecule has 3 N–H and O–H groups in total. The Morgan fingerprint density at radius 2 is 2.15 bits per heavy atom. The van der Waals surface area contributed by atoms with Gasteiger partial charge in [-0.2, -0.15) is 0 Å². The Balaban J connectivity index is 1.57. The molecular weight excluding hydrogens is 364 g/mol. The number of fused-ring (bicyclic) bond motifs is 1. The monoisotopic (exact) mass is 386 g/mol. The van der Waals surface area contributed by atoms with Crippen LogP contribution in [-0.2, 0) is 6.54 Å². The molecule has 2 aromatic heterocycles. The van der Waals surface area contributed by atoms with Crippen LogP contribution in [0.15, 0.2) is 36.7 Å². The van der Waals surface area contributed by atoms with Crippen LogP contribution in [0.25, 0.3) is 5.65 Å². The quantitative estimate of drug-likeness (QED) is 0.604. The third-order valence-electron chi connectivity index (χ3n) is 4.65. The summed E-state index contributed by atoms with van der Waals surface area (Å²) in [7, 11) is 4.03. The van der Waals surface area contributed by atoms with E-state index in [0.29, 0.717) is 29.6 Å². The topological polar surface area (TPSA) is 98.8 Å². The van der Waals surface area contributed by atoms with Crippen molar-refractivity contribution in [2.75, 3.05) is 30.1 Å². The molecule has 1 aliphatic rings. The van der Waals surface area contributed by atoms with Crippen LogP contribution < -0.4 is 10.2 Å². The summed E-state index contributed by atoms with van der Waals surface area (Å²) in [4.78, 5) is 6.45. The minimum atomic E-state index is -0.847. The van der Waals surface area contributed by atoms with Crippen molar-refractivity contribution in [3.63, 3.8) is 0 Å². The number of rotatable bonds is 5. The zero-order valence-electron chi connectivity index (χ0n) is 15.1. The van der Waals surface area contributed by atoms with Gasteiger partial charge in [0.05, 0.1) is 17.5 Å². The summed E-state index contributed by atoms with van der Waals surface area (Å²) in [5.41, 5.74) is 2.87. The molecular formula is C18H22N6O2S. The maximum absolute atomic E-state index is 10.2. The van der Waals surface area contributed by atoms with E-state index in [9.17, 15) is 10.2 Å². The number of anilines is 2. The van der Waals surface area contributed by atoms with Crippen LogP contribution in [0.5, 0.6) is 0 Å². The Morgan fingerprint density at radius 3 is 2.89 bits per heavy atom. The van der Waals surface area contributed by atoms with E-state index in [1.54, 1.807) is 12.4 Å². The zero-order valence-corrected chi connectivity index (χ0v) is 16.0. The van der Waals surface area contributed by atoms with E-state index in [4.69, 9.17) is 0 Å². The van der Waals surface area contributed by atoms with Crippen molar-refractivity contribution in [1.29, 1.82) is 0 Å². The van der Waals surface area contributed by atoms with Gasteiger partial charge in [-0.3, -0.25) is 4.40 Å². The molecule has 3 atom stereocenters. The maximum Gasteiger partial charge on any atom is 0.203 e. The van der Waals surface area contributed by atoms with Crippen LogP contribution in [0.1, 0.15) is 16.6 Å². The number of hydrogen-bond acceptors (Lipinski definition) is 8. The third-order valence-corrected chi connectivity index (χ3v) is 6.03. The lowest BCUT2D eigenvalue weighted by molar-refractivity contribution is 0.0404. The van der Waals surface area contributed by atoms with E-state index < -0.39 is 12.2 Å². The van der Waals surface area contributed by atoms with E-state index in [0.717, 1.165) is 11.3 Å². The Hall–Kier alpha value is -2.36. The molecule has 0 radical (unpaired) electrons. The van der Waals surface area contributed by atoms with Crippen LogP contribution in [-0.4, -0.2) is 61.9 Å². The van der Waals surface area contributed by atoms with Crippen LogP contribution in [0, 0.1) is 0 Å². The first-order valence-corrected chi connectivity index (χ1v) is 9.77. The molecule has 0 unspecified atom stereocenters. The number of thioether (sulfide) groups is 1. The first kappa shape index (κ1) is 18.0.